The fraction of sp³-hybridized carbons (Fsp3) is 0.231. The first kappa shape index (κ1) is 11.0. The Morgan fingerprint density at radius 3 is 2.95 bits per heavy atom. The quantitative estimate of drug-likeness (QED) is 0.790. The van der Waals surface area contributed by atoms with Crippen molar-refractivity contribution >= 4 is 27.4 Å². The van der Waals surface area contributed by atoms with Crippen LogP contribution >= 0.6 is 15.9 Å². The Kier molecular flexibility index (Phi) is 2.23. The molecule has 0 saturated heterocycles. The number of hydrogen-bond acceptors (Lipinski definition) is 3. The second-order valence-corrected chi connectivity index (χ2v) is 5.67. The fourth-order valence-corrected chi connectivity index (χ4v) is 2.81. The number of nitrogens with two attached hydrogens (primary N) is 1. The van der Waals surface area contributed by atoms with Crippen molar-refractivity contribution in [2.75, 3.05) is 5.73 Å². The van der Waals surface area contributed by atoms with Gasteiger partial charge in [-0.25, -0.2) is 9.97 Å². The SMILES string of the molecule is Nc1c(-c2cncn2C2CC2)nc2c(Br)cccn12. The molecule has 0 radical (unpaired) electrons. The lowest BCUT2D eigenvalue weighted by Gasteiger charge is -2.04. The Hall–Kier alpha value is -1.82. The molecule has 4 rings (SSSR count). The Morgan fingerprint density at radius 1 is 1.37 bits per heavy atom. The summed E-state index contributed by atoms with van der Waals surface area (Å²) < 4.78 is 5.00. The first-order valence-electron chi connectivity index (χ1n) is 6.20. The minimum Gasteiger partial charge on any atom is -0.383 e. The molecule has 6 heteroatoms. The number of anilines is 1. The van der Waals surface area contributed by atoms with Gasteiger partial charge in [0.15, 0.2) is 5.65 Å². The summed E-state index contributed by atoms with van der Waals surface area (Å²) in [4.78, 5) is 8.90. The van der Waals surface area contributed by atoms with Crippen LogP contribution in [0.5, 0.6) is 0 Å². The highest BCUT2D eigenvalue weighted by Crippen LogP contribution is 2.39. The summed E-state index contributed by atoms with van der Waals surface area (Å²) in [5.41, 5.74) is 8.86. The Labute approximate surface area is 118 Å². The van der Waals surface area contributed by atoms with Gasteiger partial charge in [-0.15, -0.1) is 0 Å². The van der Waals surface area contributed by atoms with Crippen LogP contribution in [-0.4, -0.2) is 18.9 Å². The highest BCUT2D eigenvalue weighted by atomic mass is 79.9. The largest absolute Gasteiger partial charge is 0.383 e. The molecule has 19 heavy (non-hydrogen) atoms. The van der Waals surface area contributed by atoms with Crippen LogP contribution in [0.15, 0.2) is 35.3 Å². The van der Waals surface area contributed by atoms with Crippen LogP contribution in [0.2, 0.25) is 0 Å². The van der Waals surface area contributed by atoms with Gasteiger partial charge in [-0.05, 0) is 40.9 Å². The zero-order valence-electron chi connectivity index (χ0n) is 10.1. The van der Waals surface area contributed by atoms with Gasteiger partial charge in [0.25, 0.3) is 0 Å². The summed E-state index contributed by atoms with van der Waals surface area (Å²) in [6, 6.07) is 4.46. The zero-order chi connectivity index (χ0) is 13.0. The van der Waals surface area contributed by atoms with Gasteiger partial charge in [-0.3, -0.25) is 4.40 Å². The van der Waals surface area contributed by atoms with Gasteiger partial charge in [0.2, 0.25) is 0 Å². The number of nitrogens with zero attached hydrogens (tertiary/aromatic N) is 4. The summed E-state index contributed by atoms with van der Waals surface area (Å²) in [5, 5.41) is 0. The molecule has 1 saturated carbocycles. The number of pyridine rings is 1. The van der Waals surface area contributed by atoms with E-state index in [0.29, 0.717) is 11.9 Å². The van der Waals surface area contributed by atoms with E-state index in [1.807, 2.05) is 35.3 Å². The molecule has 1 aliphatic carbocycles. The van der Waals surface area contributed by atoms with Crippen molar-refractivity contribution < 1.29 is 0 Å². The number of nitrogen functional groups attached to an aromatic ring is 1. The Bertz CT molecular complexity index is 769. The number of rotatable bonds is 2. The maximum atomic E-state index is 6.23. The lowest BCUT2D eigenvalue weighted by molar-refractivity contribution is 0.746. The van der Waals surface area contributed by atoms with Crippen molar-refractivity contribution in [3.05, 3.63) is 35.3 Å². The minimum absolute atomic E-state index is 0.560. The molecule has 3 heterocycles. The van der Waals surface area contributed by atoms with Gasteiger partial charge in [-0.2, -0.15) is 0 Å². The molecular formula is C13H12BrN5. The lowest BCUT2D eigenvalue weighted by Crippen LogP contribution is -1.98. The molecule has 3 aromatic rings. The topological polar surface area (TPSA) is 61.1 Å². The molecule has 0 unspecified atom stereocenters. The molecular weight excluding hydrogens is 306 g/mol. The maximum absolute atomic E-state index is 6.23. The predicted octanol–water partition coefficient (Wildman–Crippen LogP) is 2.88. The lowest BCUT2D eigenvalue weighted by atomic mass is 10.3. The van der Waals surface area contributed by atoms with Crippen molar-refractivity contribution in [1.82, 2.24) is 18.9 Å². The van der Waals surface area contributed by atoms with E-state index in [9.17, 15) is 0 Å². The van der Waals surface area contributed by atoms with Crippen LogP contribution in [0.3, 0.4) is 0 Å². The van der Waals surface area contributed by atoms with E-state index in [2.05, 4.69) is 30.5 Å². The highest BCUT2D eigenvalue weighted by molar-refractivity contribution is 9.10. The maximum Gasteiger partial charge on any atom is 0.153 e. The molecule has 0 amide bonds. The minimum atomic E-state index is 0.560. The third-order valence-corrected chi connectivity index (χ3v) is 4.11. The molecule has 5 nitrogen and oxygen atoms in total. The second kappa shape index (κ2) is 3.84. The molecule has 3 aromatic heterocycles. The van der Waals surface area contributed by atoms with Crippen LogP contribution in [-0.2, 0) is 0 Å². The smallest absolute Gasteiger partial charge is 0.153 e. The molecule has 0 spiro atoms. The number of imidazole rings is 2. The molecule has 1 aliphatic rings. The van der Waals surface area contributed by atoms with Gasteiger partial charge < -0.3 is 10.3 Å². The molecule has 0 aromatic carbocycles. The van der Waals surface area contributed by atoms with Gasteiger partial charge in [0.05, 0.1) is 22.7 Å². The number of fused-ring (bicyclic) bond motifs is 1. The van der Waals surface area contributed by atoms with E-state index < -0.39 is 0 Å². The van der Waals surface area contributed by atoms with E-state index in [1.54, 1.807) is 0 Å². The van der Waals surface area contributed by atoms with Crippen molar-refractivity contribution in [1.29, 1.82) is 0 Å². The van der Waals surface area contributed by atoms with Gasteiger partial charge >= 0.3 is 0 Å². The molecule has 96 valence electrons. The molecule has 0 aliphatic heterocycles. The van der Waals surface area contributed by atoms with Crippen molar-refractivity contribution in [2.24, 2.45) is 0 Å². The van der Waals surface area contributed by atoms with Crippen LogP contribution < -0.4 is 5.73 Å². The zero-order valence-corrected chi connectivity index (χ0v) is 11.7. The number of hydrogen-bond donors (Lipinski definition) is 1. The van der Waals surface area contributed by atoms with Crippen molar-refractivity contribution in [3.8, 4) is 11.4 Å². The Balaban J connectivity index is 1.98. The summed E-state index contributed by atoms with van der Waals surface area (Å²) in [7, 11) is 0. The van der Waals surface area contributed by atoms with E-state index >= 15 is 0 Å². The second-order valence-electron chi connectivity index (χ2n) is 4.81. The van der Waals surface area contributed by atoms with Crippen molar-refractivity contribution in [2.45, 2.75) is 18.9 Å². The third-order valence-electron chi connectivity index (χ3n) is 3.49. The summed E-state index contributed by atoms with van der Waals surface area (Å²) >= 11 is 3.51. The Morgan fingerprint density at radius 2 is 2.21 bits per heavy atom. The standard InChI is InChI=1S/C13H12BrN5/c14-9-2-1-5-18-12(15)11(17-13(9)18)10-6-16-7-19(10)8-3-4-8/h1-2,5-8H,3-4,15H2. The predicted molar refractivity (Wildman–Crippen MR) is 76.8 cm³/mol. The summed E-state index contributed by atoms with van der Waals surface area (Å²) in [6.45, 7) is 0. The van der Waals surface area contributed by atoms with Gasteiger partial charge in [0, 0.05) is 12.2 Å². The average Bonchev–Trinajstić information content (AvgIpc) is 3.04. The number of halogens is 1. The fourth-order valence-electron chi connectivity index (χ4n) is 2.37. The molecule has 2 N–H and O–H groups in total. The first-order valence-corrected chi connectivity index (χ1v) is 6.99. The monoisotopic (exact) mass is 317 g/mol. The normalized spacial score (nSPS) is 15.2. The van der Waals surface area contributed by atoms with E-state index in [0.717, 1.165) is 21.5 Å². The summed E-state index contributed by atoms with van der Waals surface area (Å²) in [5.74, 6) is 0.652. The highest BCUT2D eigenvalue weighted by Gasteiger charge is 2.27. The first-order chi connectivity index (χ1) is 9.25. The van der Waals surface area contributed by atoms with E-state index in [-0.39, 0.29) is 0 Å². The van der Waals surface area contributed by atoms with Gasteiger partial charge in [0.1, 0.15) is 11.5 Å². The van der Waals surface area contributed by atoms with E-state index in [1.165, 1.54) is 12.8 Å². The average molecular weight is 318 g/mol. The molecule has 0 atom stereocenters. The van der Waals surface area contributed by atoms with Crippen LogP contribution in [0.25, 0.3) is 17.0 Å². The van der Waals surface area contributed by atoms with Crippen LogP contribution in [0.1, 0.15) is 18.9 Å². The molecule has 0 bridgehead atoms. The molecule has 1 fully saturated rings. The summed E-state index contributed by atoms with van der Waals surface area (Å²) in [6.07, 6.45) is 8.04. The van der Waals surface area contributed by atoms with E-state index in [4.69, 9.17) is 5.73 Å². The van der Waals surface area contributed by atoms with Crippen molar-refractivity contribution in [3.63, 3.8) is 0 Å². The third kappa shape index (κ3) is 1.59. The van der Waals surface area contributed by atoms with Crippen LogP contribution in [0.4, 0.5) is 5.82 Å². The van der Waals surface area contributed by atoms with Crippen LogP contribution in [0, 0.1) is 0 Å². The number of aromatic nitrogens is 4. The van der Waals surface area contributed by atoms with Gasteiger partial charge in [-0.1, -0.05) is 0 Å².